The Morgan fingerprint density at radius 2 is 1.96 bits per heavy atom. The van der Waals surface area contributed by atoms with Crippen LogP contribution in [-0.2, 0) is 24.2 Å². The fourth-order valence-corrected chi connectivity index (χ4v) is 3.21. The van der Waals surface area contributed by atoms with Crippen LogP contribution in [0.1, 0.15) is 16.7 Å². The van der Waals surface area contributed by atoms with E-state index in [0.717, 1.165) is 40.4 Å². The molecule has 152 valence electrons. The molecular formula is C20H24ClFIN3O2. The first-order valence-corrected chi connectivity index (χ1v) is 9.24. The molecule has 28 heavy (non-hydrogen) atoms. The number of rotatable bonds is 6. The Morgan fingerprint density at radius 3 is 2.71 bits per heavy atom. The van der Waals surface area contributed by atoms with Crippen LogP contribution in [-0.4, -0.2) is 32.9 Å². The Kier molecular flexibility index (Phi) is 9.27. The minimum absolute atomic E-state index is 0. The monoisotopic (exact) mass is 519 g/mol. The Balaban J connectivity index is 0.00000280. The van der Waals surface area contributed by atoms with Gasteiger partial charge in [-0.2, -0.15) is 0 Å². The number of guanidine groups is 1. The van der Waals surface area contributed by atoms with Crippen molar-refractivity contribution in [2.75, 3.05) is 26.9 Å². The molecule has 1 aliphatic rings. The first-order valence-electron chi connectivity index (χ1n) is 8.86. The number of nitrogens with zero attached hydrogens (tertiary/aromatic N) is 1. The van der Waals surface area contributed by atoms with E-state index >= 15 is 0 Å². The zero-order valence-corrected chi connectivity index (χ0v) is 18.7. The van der Waals surface area contributed by atoms with E-state index in [1.807, 2.05) is 24.3 Å². The normalized spacial score (nSPS) is 13.2. The summed E-state index contributed by atoms with van der Waals surface area (Å²) in [6, 6.07) is 10.8. The van der Waals surface area contributed by atoms with Crippen LogP contribution in [0.2, 0.25) is 5.02 Å². The number of fused-ring (bicyclic) bond motifs is 1. The molecular weight excluding hydrogens is 496 g/mol. The molecule has 2 aromatic carbocycles. The number of halogens is 3. The zero-order valence-electron chi connectivity index (χ0n) is 15.6. The third-order valence-corrected chi connectivity index (χ3v) is 4.49. The van der Waals surface area contributed by atoms with E-state index in [4.69, 9.17) is 21.1 Å². The number of benzene rings is 2. The van der Waals surface area contributed by atoms with Gasteiger partial charge in [-0.3, -0.25) is 4.99 Å². The standard InChI is InChI=1S/C20H23ClFN3O2.HI/c1-23-20(24-7-5-14-3-2-4-17(21)9-14)25-8-6-15-10-18(22)11-16-12-26-13-27-19(15)16;/h2-4,9-11H,5-8,12-13H2,1H3,(H2,23,24,25);1H. The average Bonchev–Trinajstić information content (AvgIpc) is 2.66. The number of ether oxygens (including phenoxy) is 2. The van der Waals surface area contributed by atoms with Crippen LogP contribution in [0.25, 0.3) is 0 Å². The largest absolute Gasteiger partial charge is 0.467 e. The SMILES string of the molecule is CN=C(NCCc1cccc(Cl)c1)NCCc1cc(F)cc2c1OCOC2.I. The quantitative estimate of drug-likeness (QED) is 0.345. The Morgan fingerprint density at radius 1 is 1.18 bits per heavy atom. The highest BCUT2D eigenvalue weighted by atomic mass is 127. The third-order valence-electron chi connectivity index (χ3n) is 4.26. The van der Waals surface area contributed by atoms with Crippen molar-refractivity contribution in [2.45, 2.75) is 19.4 Å². The van der Waals surface area contributed by atoms with Crippen molar-refractivity contribution in [1.29, 1.82) is 0 Å². The molecule has 3 rings (SSSR count). The maximum absolute atomic E-state index is 13.8. The van der Waals surface area contributed by atoms with Crippen molar-refractivity contribution in [3.8, 4) is 5.75 Å². The highest BCUT2D eigenvalue weighted by Crippen LogP contribution is 2.29. The first kappa shape index (κ1) is 22.7. The second kappa shape index (κ2) is 11.4. The lowest BCUT2D eigenvalue weighted by molar-refractivity contribution is -0.0172. The van der Waals surface area contributed by atoms with Crippen molar-refractivity contribution in [1.82, 2.24) is 10.6 Å². The predicted molar refractivity (Wildman–Crippen MR) is 120 cm³/mol. The first-order chi connectivity index (χ1) is 13.2. The van der Waals surface area contributed by atoms with Crippen LogP contribution in [0.15, 0.2) is 41.4 Å². The lowest BCUT2D eigenvalue weighted by Crippen LogP contribution is -2.39. The van der Waals surface area contributed by atoms with Gasteiger partial charge in [0.05, 0.1) is 6.61 Å². The van der Waals surface area contributed by atoms with E-state index in [1.54, 1.807) is 7.05 Å². The van der Waals surface area contributed by atoms with Gasteiger partial charge in [0.1, 0.15) is 11.6 Å². The van der Waals surface area contributed by atoms with Crippen LogP contribution in [0.3, 0.4) is 0 Å². The second-order valence-electron chi connectivity index (χ2n) is 6.22. The second-order valence-corrected chi connectivity index (χ2v) is 6.66. The molecule has 1 heterocycles. The molecule has 0 atom stereocenters. The highest BCUT2D eigenvalue weighted by molar-refractivity contribution is 14.0. The van der Waals surface area contributed by atoms with E-state index < -0.39 is 0 Å². The molecule has 0 amide bonds. The fraction of sp³-hybridized carbons (Fsp3) is 0.350. The van der Waals surface area contributed by atoms with E-state index in [2.05, 4.69) is 15.6 Å². The van der Waals surface area contributed by atoms with Crippen molar-refractivity contribution in [3.05, 3.63) is 63.9 Å². The number of hydrogen-bond donors (Lipinski definition) is 2. The molecule has 0 unspecified atom stereocenters. The van der Waals surface area contributed by atoms with E-state index in [9.17, 15) is 4.39 Å². The van der Waals surface area contributed by atoms with Crippen molar-refractivity contribution in [2.24, 2.45) is 4.99 Å². The zero-order chi connectivity index (χ0) is 19.1. The summed E-state index contributed by atoms with van der Waals surface area (Å²) in [5, 5.41) is 7.25. The molecule has 0 bridgehead atoms. The van der Waals surface area contributed by atoms with Crippen molar-refractivity contribution in [3.63, 3.8) is 0 Å². The van der Waals surface area contributed by atoms with Crippen molar-refractivity contribution < 1.29 is 13.9 Å². The highest BCUT2D eigenvalue weighted by Gasteiger charge is 2.16. The van der Waals surface area contributed by atoms with Crippen molar-refractivity contribution >= 4 is 41.5 Å². The molecule has 5 nitrogen and oxygen atoms in total. The van der Waals surface area contributed by atoms with Gasteiger partial charge in [0.15, 0.2) is 12.8 Å². The van der Waals surface area contributed by atoms with Crippen LogP contribution in [0.4, 0.5) is 4.39 Å². The average molecular weight is 520 g/mol. The summed E-state index contributed by atoms with van der Waals surface area (Å²) in [5.41, 5.74) is 2.74. The van der Waals surface area contributed by atoms with E-state index in [0.29, 0.717) is 25.5 Å². The molecule has 2 aromatic rings. The maximum Gasteiger partial charge on any atom is 0.190 e. The summed E-state index contributed by atoms with van der Waals surface area (Å²) in [5.74, 6) is 1.15. The van der Waals surface area contributed by atoms with E-state index in [-0.39, 0.29) is 36.6 Å². The van der Waals surface area contributed by atoms with E-state index in [1.165, 1.54) is 12.1 Å². The summed E-state index contributed by atoms with van der Waals surface area (Å²) in [6.45, 7) is 1.92. The molecule has 1 aliphatic heterocycles. The van der Waals surface area contributed by atoms with Gasteiger partial charge in [-0.1, -0.05) is 23.7 Å². The molecule has 0 aliphatic carbocycles. The molecule has 2 N–H and O–H groups in total. The summed E-state index contributed by atoms with van der Waals surface area (Å²) >= 11 is 6.00. The van der Waals surface area contributed by atoms with Gasteiger partial charge in [-0.15, -0.1) is 24.0 Å². The Hall–Kier alpha value is -1.58. The summed E-state index contributed by atoms with van der Waals surface area (Å²) in [6.07, 6.45) is 1.46. The lowest BCUT2D eigenvalue weighted by Gasteiger charge is -2.21. The predicted octanol–water partition coefficient (Wildman–Crippen LogP) is 3.91. The number of aliphatic imine (C=N–C) groups is 1. The van der Waals surface area contributed by atoms with Gasteiger partial charge in [0.2, 0.25) is 0 Å². The minimum Gasteiger partial charge on any atom is -0.467 e. The Labute approximate surface area is 186 Å². The number of hydrogen-bond acceptors (Lipinski definition) is 3. The van der Waals surface area contributed by atoms with Gasteiger partial charge in [-0.25, -0.2) is 4.39 Å². The minimum atomic E-state index is -0.276. The van der Waals surface area contributed by atoms with Crippen LogP contribution in [0, 0.1) is 5.82 Å². The van der Waals surface area contributed by atoms with Gasteiger partial charge in [-0.05, 0) is 48.2 Å². The topological polar surface area (TPSA) is 54.9 Å². The van der Waals surface area contributed by atoms with Crippen LogP contribution in [0.5, 0.6) is 5.75 Å². The summed E-state index contributed by atoms with van der Waals surface area (Å²) < 4.78 is 24.5. The smallest absolute Gasteiger partial charge is 0.190 e. The number of nitrogens with one attached hydrogen (secondary N) is 2. The van der Waals surface area contributed by atoms with Crippen LogP contribution < -0.4 is 15.4 Å². The molecule has 8 heteroatoms. The van der Waals surface area contributed by atoms with Gasteiger partial charge >= 0.3 is 0 Å². The summed E-state index contributed by atoms with van der Waals surface area (Å²) in [7, 11) is 1.72. The third kappa shape index (κ3) is 6.49. The molecule has 0 fully saturated rings. The molecule has 0 aromatic heterocycles. The van der Waals surface area contributed by atoms with Gasteiger partial charge in [0.25, 0.3) is 0 Å². The lowest BCUT2D eigenvalue weighted by atomic mass is 10.1. The van der Waals surface area contributed by atoms with Crippen LogP contribution >= 0.6 is 35.6 Å². The molecule has 0 saturated heterocycles. The molecule has 0 saturated carbocycles. The Bertz CT molecular complexity index is 820. The maximum atomic E-state index is 13.8. The molecule has 0 radical (unpaired) electrons. The fourth-order valence-electron chi connectivity index (χ4n) is 3.00. The van der Waals surface area contributed by atoms with Gasteiger partial charge in [0, 0.05) is 30.7 Å². The molecule has 0 spiro atoms. The van der Waals surface area contributed by atoms with Gasteiger partial charge < -0.3 is 20.1 Å². The summed E-state index contributed by atoms with van der Waals surface area (Å²) in [4.78, 5) is 4.22.